The van der Waals surface area contributed by atoms with Crippen molar-refractivity contribution in [1.82, 2.24) is 15.0 Å². The summed E-state index contributed by atoms with van der Waals surface area (Å²) in [6.45, 7) is 1.68. The Morgan fingerprint density at radius 2 is 2.07 bits per heavy atom. The first-order chi connectivity index (χ1) is 14.0. The van der Waals surface area contributed by atoms with Crippen molar-refractivity contribution < 1.29 is 19.0 Å². The van der Waals surface area contributed by atoms with Crippen molar-refractivity contribution in [2.75, 3.05) is 7.11 Å². The monoisotopic (exact) mass is 391 g/mol. The van der Waals surface area contributed by atoms with Gasteiger partial charge in [-0.05, 0) is 48.9 Å². The summed E-state index contributed by atoms with van der Waals surface area (Å²) in [6, 6.07) is 11.4. The maximum atomic E-state index is 14.3. The Bertz CT molecular complexity index is 1200. The number of methoxy groups -OCH3 is 1. The molecule has 1 atom stereocenters. The molecule has 0 spiro atoms. The molecule has 4 rings (SSSR count). The fraction of sp³-hybridized carbons (Fsp3) is 0.136. The lowest BCUT2D eigenvalue weighted by atomic mass is 9.98. The number of benzene rings is 1. The molecule has 0 bridgehead atoms. The normalized spacial score (nSPS) is 12.1. The van der Waals surface area contributed by atoms with E-state index >= 15 is 0 Å². The Kier molecular flexibility index (Phi) is 4.82. The Morgan fingerprint density at radius 3 is 2.79 bits per heavy atom. The van der Waals surface area contributed by atoms with Gasteiger partial charge < -0.3 is 14.8 Å². The number of esters is 1. The average Bonchev–Trinajstić information content (AvgIpc) is 3.11. The van der Waals surface area contributed by atoms with Gasteiger partial charge in [-0.3, -0.25) is 4.98 Å². The number of aromatic nitrogens is 3. The summed E-state index contributed by atoms with van der Waals surface area (Å²) in [5.41, 5.74) is 3.30. The van der Waals surface area contributed by atoms with Gasteiger partial charge in [-0.15, -0.1) is 0 Å². The highest BCUT2D eigenvalue weighted by molar-refractivity contribution is 5.92. The number of aliphatic hydroxyl groups excluding tert-OH is 1. The van der Waals surface area contributed by atoms with Crippen LogP contribution in [-0.2, 0) is 4.74 Å². The summed E-state index contributed by atoms with van der Waals surface area (Å²) >= 11 is 0. The van der Waals surface area contributed by atoms with E-state index in [1.54, 1.807) is 43.6 Å². The van der Waals surface area contributed by atoms with Crippen molar-refractivity contribution in [3.05, 3.63) is 83.2 Å². The topological polar surface area (TPSA) is 88.1 Å². The van der Waals surface area contributed by atoms with E-state index in [9.17, 15) is 14.3 Å². The summed E-state index contributed by atoms with van der Waals surface area (Å²) in [5.74, 6) is -0.980. The van der Waals surface area contributed by atoms with E-state index in [0.717, 1.165) is 5.56 Å². The second kappa shape index (κ2) is 7.44. The van der Waals surface area contributed by atoms with E-state index < -0.39 is 12.1 Å². The fourth-order valence-electron chi connectivity index (χ4n) is 3.34. The number of H-pyrrole nitrogens is 1. The number of nitrogens with zero attached hydrogens (tertiary/aromatic N) is 2. The van der Waals surface area contributed by atoms with Gasteiger partial charge in [0.25, 0.3) is 0 Å². The molecular formula is C22H18FN3O3. The quantitative estimate of drug-likeness (QED) is 0.515. The van der Waals surface area contributed by atoms with Crippen LogP contribution in [0.3, 0.4) is 0 Å². The van der Waals surface area contributed by atoms with Crippen LogP contribution in [0.4, 0.5) is 4.39 Å². The third-order valence-corrected chi connectivity index (χ3v) is 4.79. The van der Waals surface area contributed by atoms with Crippen LogP contribution in [0.25, 0.3) is 22.2 Å². The van der Waals surface area contributed by atoms with Crippen molar-refractivity contribution in [2.45, 2.75) is 13.0 Å². The number of ether oxygens (including phenoxy) is 1. The number of hydrogen-bond donors (Lipinski definition) is 2. The molecule has 29 heavy (non-hydrogen) atoms. The van der Waals surface area contributed by atoms with Crippen LogP contribution in [-0.4, -0.2) is 33.1 Å². The second-order valence-electron chi connectivity index (χ2n) is 6.64. The zero-order chi connectivity index (χ0) is 20.5. The molecule has 3 heterocycles. The lowest BCUT2D eigenvalue weighted by Gasteiger charge is -2.13. The van der Waals surface area contributed by atoms with Crippen LogP contribution in [0.5, 0.6) is 0 Å². The number of carbonyl (C=O) groups excluding carboxylic acids is 1. The van der Waals surface area contributed by atoms with Crippen LogP contribution < -0.4 is 0 Å². The summed E-state index contributed by atoms with van der Waals surface area (Å²) < 4.78 is 19.0. The highest BCUT2D eigenvalue weighted by Crippen LogP contribution is 2.37. The zero-order valence-electron chi connectivity index (χ0n) is 15.8. The average molecular weight is 391 g/mol. The molecule has 0 fully saturated rings. The Hall–Kier alpha value is -3.58. The lowest BCUT2D eigenvalue weighted by Crippen LogP contribution is -2.09. The summed E-state index contributed by atoms with van der Waals surface area (Å²) in [6.07, 6.45) is 2.10. The number of fused-ring (bicyclic) bond motifs is 1. The van der Waals surface area contributed by atoms with Crippen LogP contribution in [0.15, 0.2) is 54.9 Å². The number of pyridine rings is 2. The fourth-order valence-corrected chi connectivity index (χ4v) is 3.34. The molecule has 0 amide bonds. The van der Waals surface area contributed by atoms with Gasteiger partial charge in [-0.25, -0.2) is 14.2 Å². The largest absolute Gasteiger partial charge is 0.464 e. The third-order valence-electron chi connectivity index (χ3n) is 4.79. The molecule has 6 nitrogen and oxygen atoms in total. The van der Waals surface area contributed by atoms with Crippen LogP contribution >= 0.6 is 0 Å². The predicted octanol–water partition coefficient (Wildman–Crippen LogP) is 3.94. The standard InChI is InChI=1S/C22H18FN3O3/c1-12-9-18-14(10-15(12)23)19(20(26-18)13-5-4-8-24-11-13)21(27)16-6-3-7-17(25-16)22(28)29-2/h3-11,21,26-27H,1-2H3. The van der Waals surface area contributed by atoms with Gasteiger partial charge >= 0.3 is 5.97 Å². The predicted molar refractivity (Wildman–Crippen MR) is 106 cm³/mol. The van der Waals surface area contributed by atoms with E-state index in [2.05, 4.69) is 15.0 Å². The molecule has 0 radical (unpaired) electrons. The van der Waals surface area contributed by atoms with E-state index in [1.807, 2.05) is 6.07 Å². The van der Waals surface area contributed by atoms with Crippen molar-refractivity contribution in [2.24, 2.45) is 0 Å². The first-order valence-electron chi connectivity index (χ1n) is 8.95. The molecule has 4 aromatic rings. The molecule has 0 saturated carbocycles. The number of hydrogen-bond acceptors (Lipinski definition) is 5. The van der Waals surface area contributed by atoms with Gasteiger partial charge in [-0.1, -0.05) is 6.07 Å². The molecule has 3 aromatic heterocycles. The van der Waals surface area contributed by atoms with Gasteiger partial charge in [-0.2, -0.15) is 0 Å². The van der Waals surface area contributed by atoms with Gasteiger partial charge in [0.2, 0.25) is 0 Å². The van der Waals surface area contributed by atoms with Crippen molar-refractivity contribution >= 4 is 16.9 Å². The first-order valence-corrected chi connectivity index (χ1v) is 8.95. The Morgan fingerprint density at radius 1 is 1.24 bits per heavy atom. The van der Waals surface area contributed by atoms with Crippen LogP contribution in [0.1, 0.15) is 33.4 Å². The number of aryl methyl sites for hydroxylation is 1. The van der Waals surface area contributed by atoms with Gasteiger partial charge in [0, 0.05) is 34.4 Å². The molecule has 1 aromatic carbocycles. The maximum Gasteiger partial charge on any atom is 0.356 e. The molecule has 0 saturated heterocycles. The SMILES string of the molecule is COC(=O)c1cccc(C(O)c2c(-c3cccnc3)[nH]c3cc(C)c(F)cc23)n1. The zero-order valence-corrected chi connectivity index (χ0v) is 15.8. The number of halogens is 1. The second-order valence-corrected chi connectivity index (χ2v) is 6.64. The number of nitrogens with one attached hydrogen (secondary N) is 1. The smallest absolute Gasteiger partial charge is 0.356 e. The minimum atomic E-state index is -1.20. The number of rotatable bonds is 4. The number of aliphatic hydroxyl groups is 1. The van der Waals surface area contributed by atoms with Gasteiger partial charge in [0.15, 0.2) is 0 Å². The molecule has 7 heteroatoms. The van der Waals surface area contributed by atoms with Crippen LogP contribution in [0, 0.1) is 12.7 Å². The van der Waals surface area contributed by atoms with E-state index in [-0.39, 0.29) is 17.2 Å². The van der Waals surface area contributed by atoms with Gasteiger partial charge in [0.05, 0.1) is 18.5 Å². The molecular weight excluding hydrogens is 373 g/mol. The van der Waals surface area contributed by atoms with Crippen molar-refractivity contribution in [3.8, 4) is 11.3 Å². The first kappa shape index (κ1) is 18.8. The Balaban J connectivity index is 1.94. The van der Waals surface area contributed by atoms with E-state index in [4.69, 9.17) is 4.74 Å². The Labute approximate surface area is 166 Å². The molecule has 146 valence electrons. The van der Waals surface area contributed by atoms with E-state index in [0.29, 0.717) is 27.7 Å². The molecule has 0 aliphatic rings. The molecule has 0 aliphatic heterocycles. The third kappa shape index (κ3) is 3.36. The number of carbonyl (C=O) groups is 1. The minimum absolute atomic E-state index is 0.0776. The molecule has 1 unspecified atom stereocenters. The number of aromatic amines is 1. The summed E-state index contributed by atoms with van der Waals surface area (Å²) in [7, 11) is 1.26. The van der Waals surface area contributed by atoms with Crippen molar-refractivity contribution in [3.63, 3.8) is 0 Å². The minimum Gasteiger partial charge on any atom is -0.464 e. The lowest BCUT2D eigenvalue weighted by molar-refractivity contribution is 0.0593. The van der Waals surface area contributed by atoms with Gasteiger partial charge in [0.1, 0.15) is 17.6 Å². The molecule has 0 aliphatic carbocycles. The highest BCUT2D eigenvalue weighted by Gasteiger charge is 2.24. The molecule has 2 N–H and O–H groups in total. The van der Waals surface area contributed by atoms with Crippen molar-refractivity contribution in [1.29, 1.82) is 0 Å². The highest BCUT2D eigenvalue weighted by atomic mass is 19.1. The maximum absolute atomic E-state index is 14.3. The summed E-state index contributed by atoms with van der Waals surface area (Å²) in [4.78, 5) is 23.5. The summed E-state index contributed by atoms with van der Waals surface area (Å²) in [5, 5.41) is 11.7. The van der Waals surface area contributed by atoms with Crippen LogP contribution in [0.2, 0.25) is 0 Å². The van der Waals surface area contributed by atoms with E-state index in [1.165, 1.54) is 19.2 Å².